The van der Waals surface area contributed by atoms with Crippen LogP contribution in [0.4, 0.5) is 4.79 Å². The van der Waals surface area contributed by atoms with E-state index in [0.29, 0.717) is 6.54 Å². The summed E-state index contributed by atoms with van der Waals surface area (Å²) in [5, 5.41) is 13.6. The van der Waals surface area contributed by atoms with E-state index in [9.17, 15) is 9.59 Å². The molecular formula is C11H22N4O4. The molecule has 1 aliphatic rings. The maximum Gasteiger partial charge on any atom is 0.322 e. The molecule has 0 radical (unpaired) electrons. The number of amides is 2. The Morgan fingerprint density at radius 3 is 2.63 bits per heavy atom. The molecule has 0 aliphatic carbocycles. The molecule has 1 aliphatic heterocycles. The quantitative estimate of drug-likeness (QED) is 0.416. The van der Waals surface area contributed by atoms with Crippen LogP contribution in [0.5, 0.6) is 0 Å². The van der Waals surface area contributed by atoms with Crippen LogP contribution in [0.25, 0.3) is 0 Å². The van der Waals surface area contributed by atoms with Crippen molar-refractivity contribution in [2.45, 2.75) is 12.5 Å². The first kappa shape index (κ1) is 15.7. The van der Waals surface area contributed by atoms with Gasteiger partial charge < -0.3 is 26.2 Å². The van der Waals surface area contributed by atoms with Crippen molar-refractivity contribution >= 4 is 12.0 Å². The van der Waals surface area contributed by atoms with Gasteiger partial charge in [-0.1, -0.05) is 0 Å². The molecule has 0 spiro atoms. The molecular weight excluding hydrogens is 252 g/mol. The second kappa shape index (κ2) is 8.68. The maximum atomic E-state index is 11.3. The number of hydrogen-bond acceptors (Lipinski definition) is 5. The van der Waals surface area contributed by atoms with E-state index in [2.05, 4.69) is 15.5 Å². The number of rotatable bonds is 7. The Hall–Kier alpha value is -1.38. The summed E-state index contributed by atoms with van der Waals surface area (Å²) in [6.45, 7) is 4.77. The van der Waals surface area contributed by atoms with Crippen LogP contribution in [0.3, 0.4) is 0 Å². The van der Waals surface area contributed by atoms with Gasteiger partial charge in [0.15, 0.2) is 0 Å². The molecule has 0 saturated carbocycles. The van der Waals surface area contributed by atoms with Gasteiger partial charge in [-0.25, -0.2) is 4.79 Å². The zero-order valence-corrected chi connectivity index (χ0v) is 10.9. The second-order valence-corrected chi connectivity index (χ2v) is 4.39. The van der Waals surface area contributed by atoms with Gasteiger partial charge in [0.05, 0.1) is 13.2 Å². The molecule has 1 heterocycles. The first-order valence-corrected chi connectivity index (χ1v) is 6.40. The van der Waals surface area contributed by atoms with E-state index >= 15 is 0 Å². The fourth-order valence-corrected chi connectivity index (χ4v) is 1.68. The van der Waals surface area contributed by atoms with Gasteiger partial charge in [-0.3, -0.25) is 9.69 Å². The van der Waals surface area contributed by atoms with Crippen LogP contribution >= 0.6 is 0 Å². The number of urea groups is 1. The van der Waals surface area contributed by atoms with Crippen LogP contribution in [0.2, 0.25) is 0 Å². The molecule has 0 unspecified atom stereocenters. The lowest BCUT2D eigenvalue weighted by atomic mass is 10.3. The maximum absolute atomic E-state index is 11.3. The van der Waals surface area contributed by atoms with Crippen molar-refractivity contribution in [2.75, 3.05) is 45.9 Å². The summed E-state index contributed by atoms with van der Waals surface area (Å²) >= 11 is 0. The van der Waals surface area contributed by atoms with E-state index in [0.717, 1.165) is 39.3 Å². The first-order chi connectivity index (χ1) is 9.09. The summed E-state index contributed by atoms with van der Waals surface area (Å²) in [5.74, 6) is -1.13. The minimum Gasteiger partial charge on any atom is -0.480 e. The first-order valence-electron chi connectivity index (χ1n) is 6.40. The molecule has 8 nitrogen and oxygen atoms in total. The van der Waals surface area contributed by atoms with Gasteiger partial charge >= 0.3 is 12.0 Å². The molecule has 19 heavy (non-hydrogen) atoms. The number of carboxylic acids is 1. The van der Waals surface area contributed by atoms with Crippen molar-refractivity contribution in [3.8, 4) is 0 Å². The average molecular weight is 274 g/mol. The van der Waals surface area contributed by atoms with Crippen LogP contribution in [0.15, 0.2) is 0 Å². The van der Waals surface area contributed by atoms with Gasteiger partial charge in [0, 0.05) is 26.2 Å². The number of aliphatic carboxylic acids is 1. The van der Waals surface area contributed by atoms with E-state index in [1.807, 2.05) is 0 Å². The van der Waals surface area contributed by atoms with Crippen molar-refractivity contribution in [3.05, 3.63) is 0 Å². The molecule has 2 amide bonds. The average Bonchev–Trinajstić information content (AvgIpc) is 2.42. The second-order valence-electron chi connectivity index (χ2n) is 4.39. The Kier molecular flexibility index (Phi) is 7.16. The van der Waals surface area contributed by atoms with Gasteiger partial charge in [-0.2, -0.15) is 0 Å². The molecule has 5 N–H and O–H groups in total. The highest BCUT2D eigenvalue weighted by Gasteiger charge is 2.12. The lowest BCUT2D eigenvalue weighted by Gasteiger charge is -2.26. The third kappa shape index (κ3) is 6.94. The lowest BCUT2D eigenvalue weighted by molar-refractivity contribution is -0.138. The summed E-state index contributed by atoms with van der Waals surface area (Å²) in [6, 6.07) is -1.46. The molecule has 1 fully saturated rings. The van der Waals surface area contributed by atoms with Crippen LogP contribution in [0.1, 0.15) is 6.42 Å². The van der Waals surface area contributed by atoms with Crippen molar-refractivity contribution in [3.63, 3.8) is 0 Å². The Balaban J connectivity index is 1.99. The monoisotopic (exact) mass is 274 g/mol. The third-order valence-electron chi connectivity index (χ3n) is 2.84. The molecule has 0 aromatic rings. The highest BCUT2D eigenvalue weighted by Crippen LogP contribution is 1.97. The molecule has 0 aromatic carbocycles. The van der Waals surface area contributed by atoms with Crippen LogP contribution in [-0.2, 0) is 9.53 Å². The zero-order chi connectivity index (χ0) is 14.1. The van der Waals surface area contributed by atoms with Gasteiger partial charge in [0.1, 0.15) is 6.04 Å². The van der Waals surface area contributed by atoms with Crippen molar-refractivity contribution in [1.82, 2.24) is 15.5 Å². The van der Waals surface area contributed by atoms with Gasteiger partial charge in [-0.15, -0.1) is 0 Å². The van der Waals surface area contributed by atoms with E-state index < -0.39 is 18.0 Å². The molecule has 110 valence electrons. The van der Waals surface area contributed by atoms with Gasteiger partial charge in [0.25, 0.3) is 0 Å². The number of carbonyl (C=O) groups is 2. The Bertz CT molecular complexity index is 294. The van der Waals surface area contributed by atoms with Gasteiger partial charge in [0.2, 0.25) is 0 Å². The number of ether oxygens (including phenoxy) is 1. The smallest absolute Gasteiger partial charge is 0.322 e. The van der Waals surface area contributed by atoms with E-state index in [1.165, 1.54) is 0 Å². The van der Waals surface area contributed by atoms with Crippen molar-refractivity contribution in [1.29, 1.82) is 0 Å². The molecule has 8 heteroatoms. The van der Waals surface area contributed by atoms with Crippen LogP contribution in [-0.4, -0.2) is 74.0 Å². The number of nitrogens with one attached hydrogen (secondary N) is 2. The number of morpholine rings is 1. The predicted molar refractivity (Wildman–Crippen MR) is 68.9 cm³/mol. The van der Waals surface area contributed by atoms with E-state index in [4.69, 9.17) is 15.6 Å². The number of carboxylic acid groups (broad SMARTS) is 1. The minimum atomic E-state index is -1.13. The summed E-state index contributed by atoms with van der Waals surface area (Å²) in [6.07, 6.45) is 0.846. The third-order valence-corrected chi connectivity index (χ3v) is 2.84. The fraction of sp³-hybridized carbons (Fsp3) is 0.818. The van der Waals surface area contributed by atoms with Crippen LogP contribution < -0.4 is 16.4 Å². The SMILES string of the molecule is N[C@@H](CNC(=O)NCCCN1CCOCC1)C(=O)O. The largest absolute Gasteiger partial charge is 0.480 e. The number of hydrogen-bond donors (Lipinski definition) is 4. The van der Waals surface area contributed by atoms with Gasteiger partial charge in [-0.05, 0) is 13.0 Å². The molecule has 1 rings (SSSR count). The Morgan fingerprint density at radius 1 is 1.32 bits per heavy atom. The van der Waals surface area contributed by atoms with Crippen molar-refractivity contribution in [2.24, 2.45) is 5.73 Å². The number of carbonyl (C=O) groups excluding carboxylic acids is 1. The molecule has 1 saturated heterocycles. The summed E-state index contributed by atoms with van der Waals surface area (Å²) in [7, 11) is 0. The Morgan fingerprint density at radius 2 is 2.00 bits per heavy atom. The highest BCUT2D eigenvalue weighted by atomic mass is 16.5. The molecule has 0 bridgehead atoms. The number of nitrogens with zero attached hydrogens (tertiary/aromatic N) is 1. The topological polar surface area (TPSA) is 117 Å². The molecule has 0 aromatic heterocycles. The summed E-state index contributed by atoms with van der Waals surface area (Å²) in [4.78, 5) is 24.0. The minimum absolute atomic E-state index is 0.0787. The van der Waals surface area contributed by atoms with Crippen LogP contribution in [0, 0.1) is 0 Å². The Labute approximate surface area is 112 Å². The lowest BCUT2D eigenvalue weighted by Crippen LogP contribution is -2.46. The zero-order valence-electron chi connectivity index (χ0n) is 10.9. The normalized spacial score (nSPS) is 17.7. The van der Waals surface area contributed by atoms with Crippen molar-refractivity contribution < 1.29 is 19.4 Å². The predicted octanol–water partition coefficient (Wildman–Crippen LogP) is -1.58. The fourth-order valence-electron chi connectivity index (χ4n) is 1.68. The molecule has 1 atom stereocenters. The summed E-state index contributed by atoms with van der Waals surface area (Å²) in [5.41, 5.74) is 5.26. The highest BCUT2D eigenvalue weighted by molar-refractivity contribution is 5.77. The number of nitrogens with two attached hydrogens (primary N) is 1. The summed E-state index contributed by atoms with van der Waals surface area (Å²) < 4.78 is 5.24. The van der Waals surface area contributed by atoms with E-state index in [-0.39, 0.29) is 6.54 Å². The van der Waals surface area contributed by atoms with E-state index in [1.54, 1.807) is 0 Å². The standard InChI is InChI=1S/C11H22N4O4/c12-9(10(16)17)8-14-11(18)13-2-1-3-15-4-6-19-7-5-15/h9H,1-8,12H2,(H,16,17)(H2,13,14,18)/t9-/m0/s1.